The lowest BCUT2D eigenvalue weighted by atomic mass is 10.1. The molecule has 2 aromatic rings. The highest BCUT2D eigenvalue weighted by atomic mass is 35.5. The Morgan fingerprint density at radius 1 is 1.40 bits per heavy atom. The fourth-order valence-electron chi connectivity index (χ4n) is 2.22. The van der Waals surface area contributed by atoms with E-state index in [9.17, 15) is 0 Å². The van der Waals surface area contributed by atoms with E-state index in [-0.39, 0.29) is 0 Å². The third-order valence-corrected chi connectivity index (χ3v) is 3.17. The number of hydrogen-bond acceptors (Lipinski definition) is 1. The van der Waals surface area contributed by atoms with Crippen LogP contribution in [-0.4, -0.2) is 4.57 Å². The molecule has 0 aliphatic rings. The van der Waals surface area contributed by atoms with Crippen molar-refractivity contribution in [2.75, 3.05) is 0 Å². The van der Waals surface area contributed by atoms with E-state index in [1.165, 1.54) is 22.2 Å². The van der Waals surface area contributed by atoms with E-state index in [0.717, 1.165) is 11.4 Å². The van der Waals surface area contributed by atoms with Gasteiger partial charge in [0.15, 0.2) is 0 Å². The molecule has 3 heteroatoms. The molecule has 0 fully saturated rings. The molecule has 2 N–H and O–H groups in total. The number of rotatable bonds is 2. The first-order valence-electron chi connectivity index (χ1n) is 5.14. The van der Waals surface area contributed by atoms with Crippen LogP contribution in [0.2, 0.25) is 5.02 Å². The summed E-state index contributed by atoms with van der Waals surface area (Å²) in [5, 5.41) is 2.00. The molecule has 0 unspecified atom stereocenters. The highest BCUT2D eigenvalue weighted by Gasteiger charge is 2.12. The minimum Gasteiger partial charge on any atom is -0.347 e. The molecule has 0 bridgehead atoms. The lowest BCUT2D eigenvalue weighted by molar-refractivity contribution is 0.842. The molecule has 0 aliphatic heterocycles. The lowest BCUT2D eigenvalue weighted by Gasteiger charge is -2.02. The molecular formula is C12H15ClN2. The van der Waals surface area contributed by atoms with Gasteiger partial charge in [-0.25, -0.2) is 0 Å². The third kappa shape index (κ3) is 1.54. The van der Waals surface area contributed by atoms with Crippen LogP contribution in [0.5, 0.6) is 0 Å². The Morgan fingerprint density at radius 3 is 2.73 bits per heavy atom. The number of nitrogens with zero attached hydrogens (tertiary/aromatic N) is 1. The van der Waals surface area contributed by atoms with E-state index in [1.54, 1.807) is 0 Å². The van der Waals surface area contributed by atoms with Gasteiger partial charge < -0.3 is 10.3 Å². The number of aromatic nitrogens is 1. The van der Waals surface area contributed by atoms with E-state index >= 15 is 0 Å². The highest BCUT2D eigenvalue weighted by Crippen LogP contribution is 2.27. The van der Waals surface area contributed by atoms with Gasteiger partial charge in [-0.3, -0.25) is 0 Å². The van der Waals surface area contributed by atoms with E-state index < -0.39 is 0 Å². The van der Waals surface area contributed by atoms with Crippen LogP contribution in [0, 0.1) is 0 Å². The molecule has 0 amide bonds. The Morgan fingerprint density at radius 2 is 2.13 bits per heavy atom. The van der Waals surface area contributed by atoms with Crippen LogP contribution in [-0.2, 0) is 20.0 Å². The first-order valence-corrected chi connectivity index (χ1v) is 5.52. The normalized spacial score (nSPS) is 11.2. The summed E-state index contributed by atoms with van der Waals surface area (Å²) < 4.78 is 2.18. The Bertz CT molecular complexity index is 500. The third-order valence-electron chi connectivity index (χ3n) is 2.94. The fourth-order valence-corrected chi connectivity index (χ4v) is 2.39. The molecule has 0 aliphatic carbocycles. The number of halogens is 1. The average molecular weight is 223 g/mol. The summed E-state index contributed by atoms with van der Waals surface area (Å²) in [6, 6.07) is 5.97. The molecule has 0 saturated carbocycles. The van der Waals surface area contributed by atoms with Crippen LogP contribution in [0.1, 0.15) is 18.2 Å². The summed E-state index contributed by atoms with van der Waals surface area (Å²) in [7, 11) is 2.07. The predicted octanol–water partition coefficient (Wildman–Crippen LogP) is 2.85. The Hall–Kier alpha value is -0.990. The molecule has 0 saturated heterocycles. The second-order valence-electron chi connectivity index (χ2n) is 3.70. The summed E-state index contributed by atoms with van der Waals surface area (Å²) in [6.45, 7) is 2.73. The highest BCUT2D eigenvalue weighted by molar-refractivity contribution is 6.31. The molecule has 80 valence electrons. The molecule has 2 rings (SSSR count). The molecule has 1 aromatic carbocycles. The van der Waals surface area contributed by atoms with Crippen molar-refractivity contribution in [2.24, 2.45) is 12.8 Å². The van der Waals surface area contributed by atoms with Gasteiger partial charge in [-0.2, -0.15) is 0 Å². The van der Waals surface area contributed by atoms with Gasteiger partial charge in [0.05, 0.1) is 0 Å². The molecule has 1 aromatic heterocycles. The van der Waals surface area contributed by atoms with Crippen LogP contribution in [0.4, 0.5) is 0 Å². The molecule has 0 atom stereocenters. The molecular weight excluding hydrogens is 208 g/mol. The first kappa shape index (κ1) is 10.5. The number of benzene rings is 1. The zero-order chi connectivity index (χ0) is 11.0. The second-order valence-corrected chi connectivity index (χ2v) is 4.14. The van der Waals surface area contributed by atoms with Gasteiger partial charge in [0, 0.05) is 35.2 Å². The summed E-state index contributed by atoms with van der Waals surface area (Å²) in [5.41, 5.74) is 9.51. The molecule has 0 spiro atoms. The van der Waals surface area contributed by atoms with E-state index in [0.29, 0.717) is 6.54 Å². The monoisotopic (exact) mass is 222 g/mol. The van der Waals surface area contributed by atoms with Gasteiger partial charge in [-0.05, 0) is 24.1 Å². The maximum Gasteiger partial charge on any atom is 0.0498 e. The Balaban J connectivity index is 2.84. The van der Waals surface area contributed by atoms with Crippen molar-refractivity contribution in [3.8, 4) is 0 Å². The van der Waals surface area contributed by atoms with Crippen molar-refractivity contribution in [3.63, 3.8) is 0 Å². The molecule has 2 nitrogen and oxygen atoms in total. The van der Waals surface area contributed by atoms with Crippen molar-refractivity contribution in [1.29, 1.82) is 0 Å². The van der Waals surface area contributed by atoms with Crippen molar-refractivity contribution >= 4 is 22.5 Å². The van der Waals surface area contributed by atoms with Crippen molar-refractivity contribution in [2.45, 2.75) is 19.9 Å². The van der Waals surface area contributed by atoms with Gasteiger partial charge in [-0.1, -0.05) is 24.6 Å². The van der Waals surface area contributed by atoms with Crippen LogP contribution in [0.3, 0.4) is 0 Å². The van der Waals surface area contributed by atoms with Gasteiger partial charge in [0.25, 0.3) is 0 Å². The van der Waals surface area contributed by atoms with Crippen LogP contribution in [0.25, 0.3) is 10.9 Å². The number of aryl methyl sites for hydroxylation is 1. The van der Waals surface area contributed by atoms with Gasteiger partial charge >= 0.3 is 0 Å². The van der Waals surface area contributed by atoms with Gasteiger partial charge in [0.1, 0.15) is 0 Å². The first-order chi connectivity index (χ1) is 7.19. The lowest BCUT2D eigenvalue weighted by Crippen LogP contribution is -2.02. The minimum atomic E-state index is 0.585. The molecule has 1 heterocycles. The quantitative estimate of drug-likeness (QED) is 0.833. The molecule has 0 radical (unpaired) electrons. The van der Waals surface area contributed by atoms with Crippen molar-refractivity contribution < 1.29 is 0 Å². The second kappa shape index (κ2) is 3.87. The Kier molecular flexibility index (Phi) is 2.72. The summed E-state index contributed by atoms with van der Waals surface area (Å²) in [5.74, 6) is 0. The zero-order valence-electron chi connectivity index (χ0n) is 9.05. The smallest absolute Gasteiger partial charge is 0.0498 e. The Labute approximate surface area is 94.6 Å². The predicted molar refractivity (Wildman–Crippen MR) is 65.2 cm³/mol. The summed E-state index contributed by atoms with van der Waals surface area (Å²) in [6.07, 6.45) is 0.995. The van der Waals surface area contributed by atoms with Gasteiger partial charge in [-0.15, -0.1) is 0 Å². The topological polar surface area (TPSA) is 30.9 Å². The van der Waals surface area contributed by atoms with Crippen molar-refractivity contribution in [1.82, 2.24) is 4.57 Å². The summed E-state index contributed by atoms with van der Waals surface area (Å²) in [4.78, 5) is 0. The minimum absolute atomic E-state index is 0.585. The number of nitrogens with two attached hydrogens (primary N) is 1. The van der Waals surface area contributed by atoms with Crippen LogP contribution in [0.15, 0.2) is 18.2 Å². The van der Waals surface area contributed by atoms with E-state index in [1.807, 2.05) is 12.1 Å². The maximum atomic E-state index is 5.99. The zero-order valence-corrected chi connectivity index (χ0v) is 9.80. The fraction of sp³-hybridized carbons (Fsp3) is 0.333. The maximum absolute atomic E-state index is 5.99. The van der Waals surface area contributed by atoms with Crippen LogP contribution < -0.4 is 5.73 Å². The number of fused-ring (bicyclic) bond motifs is 1. The van der Waals surface area contributed by atoms with Gasteiger partial charge in [0.2, 0.25) is 0 Å². The summed E-state index contributed by atoms with van der Waals surface area (Å²) >= 11 is 5.99. The van der Waals surface area contributed by atoms with Crippen LogP contribution >= 0.6 is 11.6 Å². The largest absolute Gasteiger partial charge is 0.347 e. The SMILES string of the molecule is CCc1c(CN)c2ccc(Cl)cc2n1C. The average Bonchev–Trinajstić information content (AvgIpc) is 2.51. The van der Waals surface area contributed by atoms with E-state index in [4.69, 9.17) is 17.3 Å². The van der Waals surface area contributed by atoms with E-state index in [2.05, 4.69) is 24.6 Å². The number of hydrogen-bond donors (Lipinski definition) is 1. The molecule has 15 heavy (non-hydrogen) atoms. The standard InChI is InChI=1S/C12H15ClN2/c1-3-11-10(7-14)9-5-4-8(13)6-12(9)15(11)2/h4-6H,3,7,14H2,1-2H3. The van der Waals surface area contributed by atoms with Crippen molar-refractivity contribution in [3.05, 3.63) is 34.5 Å².